The number of fused-ring (bicyclic) bond motifs is 1. The molecule has 2 aromatic heterocycles. The maximum atomic E-state index is 6.22. The predicted molar refractivity (Wildman–Crippen MR) is 109 cm³/mol. The van der Waals surface area contributed by atoms with E-state index in [4.69, 9.17) is 16.7 Å². The van der Waals surface area contributed by atoms with Crippen LogP contribution in [0.1, 0.15) is 25.1 Å². The number of halogens is 2. The van der Waals surface area contributed by atoms with Crippen LogP contribution in [-0.4, -0.2) is 20.3 Å². The van der Waals surface area contributed by atoms with Crippen LogP contribution in [-0.2, 0) is 13.1 Å². The molecule has 1 N–H and O–H groups in total. The van der Waals surface area contributed by atoms with Crippen LogP contribution in [0.2, 0.25) is 5.02 Å². The molecule has 0 fully saturated rings. The van der Waals surface area contributed by atoms with Crippen molar-refractivity contribution in [3.8, 4) is 22.4 Å². The van der Waals surface area contributed by atoms with Crippen LogP contribution < -0.4 is 5.32 Å². The number of hydrogen-bond donors (Lipinski definition) is 1. The van der Waals surface area contributed by atoms with Gasteiger partial charge in [-0.2, -0.15) is 5.10 Å². The number of pyridine rings is 1. The third-order valence-electron chi connectivity index (χ3n) is 4.74. The highest BCUT2D eigenvalue weighted by atomic mass is 35.5. The fraction of sp³-hybridized carbons (Fsp3) is 0.300. The van der Waals surface area contributed by atoms with Crippen LogP contribution in [0.4, 0.5) is 0 Å². The molecule has 0 bridgehead atoms. The van der Waals surface area contributed by atoms with Gasteiger partial charge in [0, 0.05) is 40.6 Å². The van der Waals surface area contributed by atoms with E-state index < -0.39 is 0 Å². The van der Waals surface area contributed by atoms with Gasteiger partial charge in [0.2, 0.25) is 0 Å². The number of aromatic nitrogens is 3. The summed E-state index contributed by atoms with van der Waals surface area (Å²) < 4.78 is 2.14. The molecule has 1 aliphatic rings. The van der Waals surface area contributed by atoms with Crippen molar-refractivity contribution in [1.82, 2.24) is 20.1 Å². The lowest BCUT2D eigenvalue weighted by molar-refractivity contribution is 0.278. The van der Waals surface area contributed by atoms with Crippen LogP contribution in [0.3, 0.4) is 0 Å². The Morgan fingerprint density at radius 3 is 2.54 bits per heavy atom. The van der Waals surface area contributed by atoms with Crippen LogP contribution in [0.15, 0.2) is 42.7 Å². The fourth-order valence-corrected chi connectivity index (χ4v) is 3.49. The minimum Gasteiger partial charge on any atom is -0.304 e. The van der Waals surface area contributed by atoms with Gasteiger partial charge in [-0.25, -0.2) is 0 Å². The molecular weight excluding hydrogens is 367 g/mol. The van der Waals surface area contributed by atoms with E-state index in [0.717, 1.165) is 40.5 Å². The molecule has 1 aliphatic heterocycles. The molecule has 0 amide bonds. The lowest BCUT2D eigenvalue weighted by Crippen LogP contribution is -2.47. The summed E-state index contributed by atoms with van der Waals surface area (Å²) in [7, 11) is 0. The minimum absolute atomic E-state index is 0. The summed E-state index contributed by atoms with van der Waals surface area (Å²) in [6.07, 6.45) is 3.66. The molecule has 26 heavy (non-hydrogen) atoms. The van der Waals surface area contributed by atoms with Crippen LogP contribution in [0, 0.1) is 6.92 Å². The van der Waals surface area contributed by atoms with Gasteiger partial charge in [-0.05, 0) is 56.2 Å². The molecule has 3 aromatic rings. The Hall–Kier alpha value is -1.88. The van der Waals surface area contributed by atoms with Crippen LogP contribution >= 0.6 is 24.0 Å². The molecule has 136 valence electrons. The van der Waals surface area contributed by atoms with Crippen molar-refractivity contribution in [2.24, 2.45) is 0 Å². The van der Waals surface area contributed by atoms with Gasteiger partial charge in [0.25, 0.3) is 0 Å². The first-order chi connectivity index (χ1) is 11.9. The van der Waals surface area contributed by atoms with Crippen LogP contribution in [0.25, 0.3) is 22.4 Å². The van der Waals surface area contributed by atoms with Gasteiger partial charge in [0.05, 0.1) is 12.2 Å². The zero-order valence-corrected chi connectivity index (χ0v) is 16.7. The summed E-state index contributed by atoms with van der Waals surface area (Å²) >= 11 is 6.22. The van der Waals surface area contributed by atoms with Crippen molar-refractivity contribution in [2.45, 2.75) is 39.4 Å². The number of nitrogens with one attached hydrogen (secondary N) is 1. The number of rotatable bonds is 2. The Bertz CT molecular complexity index is 932. The van der Waals surface area contributed by atoms with Gasteiger partial charge < -0.3 is 5.32 Å². The quantitative estimate of drug-likeness (QED) is 0.680. The first-order valence-corrected chi connectivity index (χ1v) is 8.84. The van der Waals surface area contributed by atoms with E-state index in [0.29, 0.717) is 0 Å². The molecule has 0 spiro atoms. The van der Waals surface area contributed by atoms with Crippen molar-refractivity contribution in [2.75, 3.05) is 0 Å². The zero-order valence-electron chi connectivity index (χ0n) is 15.1. The highest BCUT2D eigenvalue weighted by Gasteiger charge is 2.30. The van der Waals surface area contributed by atoms with Gasteiger partial charge in [-0.3, -0.25) is 9.67 Å². The van der Waals surface area contributed by atoms with Crippen molar-refractivity contribution in [1.29, 1.82) is 0 Å². The van der Waals surface area contributed by atoms with Gasteiger partial charge in [-0.15, -0.1) is 12.4 Å². The molecule has 0 aliphatic carbocycles. The number of nitrogens with zero attached hydrogens (tertiary/aromatic N) is 3. The molecule has 0 atom stereocenters. The first-order valence-electron chi connectivity index (χ1n) is 8.46. The van der Waals surface area contributed by atoms with Gasteiger partial charge in [0.15, 0.2) is 0 Å². The molecule has 1 aromatic carbocycles. The van der Waals surface area contributed by atoms with Gasteiger partial charge >= 0.3 is 0 Å². The Morgan fingerprint density at radius 2 is 1.85 bits per heavy atom. The lowest BCUT2D eigenvalue weighted by atomic mass is 9.96. The molecule has 0 saturated heterocycles. The monoisotopic (exact) mass is 388 g/mol. The van der Waals surface area contributed by atoms with Crippen molar-refractivity contribution >= 4 is 24.0 Å². The minimum atomic E-state index is 0. The third-order valence-corrected chi connectivity index (χ3v) is 5.16. The molecular formula is C20H22Cl2N4. The highest BCUT2D eigenvalue weighted by Crippen LogP contribution is 2.37. The van der Waals surface area contributed by atoms with Crippen molar-refractivity contribution in [3.63, 3.8) is 0 Å². The van der Waals surface area contributed by atoms with E-state index in [1.54, 1.807) is 0 Å². The Morgan fingerprint density at radius 1 is 1.12 bits per heavy atom. The van der Waals surface area contributed by atoms with E-state index in [1.807, 2.05) is 43.6 Å². The van der Waals surface area contributed by atoms with Gasteiger partial charge in [0.1, 0.15) is 5.69 Å². The first kappa shape index (κ1) is 18.9. The van der Waals surface area contributed by atoms with Crippen molar-refractivity contribution in [3.05, 3.63) is 59.0 Å². The summed E-state index contributed by atoms with van der Waals surface area (Å²) in [5.41, 5.74) is 6.71. The summed E-state index contributed by atoms with van der Waals surface area (Å²) in [5.74, 6) is 0. The fourth-order valence-electron chi connectivity index (χ4n) is 3.38. The second-order valence-electron chi connectivity index (χ2n) is 7.27. The second kappa shape index (κ2) is 7.03. The molecule has 0 saturated carbocycles. The largest absolute Gasteiger partial charge is 0.304 e. The number of hydrogen-bond acceptors (Lipinski definition) is 3. The molecule has 0 unspecified atom stereocenters. The molecule has 4 nitrogen and oxygen atoms in total. The molecule has 4 rings (SSSR count). The van der Waals surface area contributed by atoms with Crippen LogP contribution in [0.5, 0.6) is 0 Å². The molecule has 6 heteroatoms. The second-order valence-corrected chi connectivity index (χ2v) is 7.67. The van der Waals surface area contributed by atoms with E-state index in [9.17, 15) is 0 Å². The number of aryl methyl sites for hydroxylation is 1. The molecule has 0 radical (unpaired) electrons. The van der Waals surface area contributed by atoms with Crippen molar-refractivity contribution < 1.29 is 0 Å². The smallest absolute Gasteiger partial charge is 0.100 e. The summed E-state index contributed by atoms with van der Waals surface area (Å²) in [6, 6.07) is 10.2. The SMILES string of the molecule is Cc1cc(-c2nn3c(c2-c2ccncc2)CNC(C)(C)C3)ccc1Cl.Cl. The third kappa shape index (κ3) is 3.37. The molecule has 3 heterocycles. The summed E-state index contributed by atoms with van der Waals surface area (Å²) in [6.45, 7) is 8.07. The Kier molecular flexibility index (Phi) is 5.11. The normalized spacial score (nSPS) is 15.2. The average Bonchev–Trinajstić information content (AvgIpc) is 2.95. The summed E-state index contributed by atoms with van der Waals surface area (Å²) in [5, 5.41) is 9.37. The Labute approximate surface area is 165 Å². The predicted octanol–water partition coefficient (Wildman–Crippen LogP) is 4.88. The van der Waals surface area contributed by atoms with E-state index in [-0.39, 0.29) is 17.9 Å². The summed E-state index contributed by atoms with van der Waals surface area (Å²) in [4.78, 5) is 4.16. The average molecular weight is 389 g/mol. The highest BCUT2D eigenvalue weighted by molar-refractivity contribution is 6.31. The van der Waals surface area contributed by atoms with Gasteiger partial charge in [-0.1, -0.05) is 17.7 Å². The van der Waals surface area contributed by atoms with E-state index in [1.165, 1.54) is 11.3 Å². The lowest BCUT2D eigenvalue weighted by Gasteiger charge is -2.32. The maximum absolute atomic E-state index is 6.22. The topological polar surface area (TPSA) is 42.7 Å². The maximum Gasteiger partial charge on any atom is 0.100 e. The zero-order chi connectivity index (χ0) is 17.6. The number of benzene rings is 1. The van der Waals surface area contributed by atoms with E-state index in [2.05, 4.69) is 34.9 Å². The Balaban J connectivity index is 0.00000196. The standard InChI is InChI=1S/C20H21ClN4.ClH/c1-13-10-15(4-5-16(13)21)19-18(14-6-8-22-9-7-14)17-11-23-20(2,3)12-25(17)24-19;/h4-10,23H,11-12H2,1-3H3;1H. The van der Waals surface area contributed by atoms with E-state index >= 15 is 0 Å².